The molecular formula is C30H29N3O5. The second-order valence-corrected chi connectivity index (χ2v) is 9.61. The van der Waals surface area contributed by atoms with Crippen LogP contribution in [0.15, 0.2) is 66.7 Å². The summed E-state index contributed by atoms with van der Waals surface area (Å²) in [5.41, 5.74) is 4.59. The Hall–Kier alpha value is -4.46. The number of carbonyl (C=O) groups excluding carboxylic acids is 2. The SMILES string of the molecule is COc1cccc(CN2CC(=O)N3C(Cc4c([nH]c5ccccc45)C3c3cccc(OC)c3OC)C2=O)c1. The molecule has 1 fully saturated rings. The third-order valence-electron chi connectivity index (χ3n) is 7.58. The number of fused-ring (bicyclic) bond motifs is 4. The Bertz CT molecular complexity index is 1540. The number of benzene rings is 3. The van der Waals surface area contributed by atoms with Crippen LogP contribution in [-0.2, 0) is 22.6 Å². The van der Waals surface area contributed by atoms with Gasteiger partial charge in [0.05, 0.1) is 21.3 Å². The van der Waals surface area contributed by atoms with Crippen molar-refractivity contribution in [3.63, 3.8) is 0 Å². The normalized spacial score (nSPS) is 18.8. The minimum Gasteiger partial charge on any atom is -0.497 e. The lowest BCUT2D eigenvalue weighted by atomic mass is 9.85. The van der Waals surface area contributed by atoms with Gasteiger partial charge in [0.1, 0.15) is 24.4 Å². The molecule has 0 bridgehead atoms. The molecule has 2 amide bonds. The predicted molar refractivity (Wildman–Crippen MR) is 142 cm³/mol. The number of amides is 2. The molecule has 8 heteroatoms. The van der Waals surface area contributed by atoms with Gasteiger partial charge in [0.15, 0.2) is 11.5 Å². The van der Waals surface area contributed by atoms with Crippen LogP contribution >= 0.6 is 0 Å². The molecule has 6 rings (SSSR count). The fourth-order valence-electron chi connectivity index (χ4n) is 5.90. The summed E-state index contributed by atoms with van der Waals surface area (Å²) in [7, 11) is 4.79. The molecule has 3 heterocycles. The first kappa shape index (κ1) is 23.9. The van der Waals surface area contributed by atoms with Crippen LogP contribution in [0, 0.1) is 0 Å². The standard InChI is InChI=1S/C30H29N3O5/c1-36-19-9-6-8-18(14-19)16-32-17-26(34)33-24(30(32)35)15-22-20-10-4-5-12-23(20)31-27(22)28(33)21-11-7-13-25(37-2)29(21)38-3/h4-14,24,28,31H,15-17H2,1-3H3. The highest BCUT2D eigenvalue weighted by Crippen LogP contribution is 2.47. The minimum absolute atomic E-state index is 0.00904. The Morgan fingerprint density at radius 3 is 2.53 bits per heavy atom. The van der Waals surface area contributed by atoms with Crippen molar-refractivity contribution in [2.45, 2.75) is 25.0 Å². The Kier molecular flexibility index (Phi) is 5.94. The van der Waals surface area contributed by atoms with Crippen LogP contribution < -0.4 is 14.2 Å². The summed E-state index contributed by atoms with van der Waals surface area (Å²) in [5, 5.41) is 1.05. The van der Waals surface area contributed by atoms with Crippen molar-refractivity contribution in [1.82, 2.24) is 14.8 Å². The summed E-state index contributed by atoms with van der Waals surface area (Å²) in [6.07, 6.45) is 0.432. The Balaban J connectivity index is 1.47. The molecular weight excluding hydrogens is 482 g/mol. The van der Waals surface area contributed by atoms with Crippen LogP contribution in [0.3, 0.4) is 0 Å². The number of rotatable bonds is 6. The molecule has 0 saturated carbocycles. The second-order valence-electron chi connectivity index (χ2n) is 9.61. The third kappa shape index (κ3) is 3.75. The van der Waals surface area contributed by atoms with Gasteiger partial charge in [0, 0.05) is 35.1 Å². The zero-order valence-corrected chi connectivity index (χ0v) is 21.6. The van der Waals surface area contributed by atoms with Crippen LogP contribution in [0.5, 0.6) is 17.2 Å². The van der Waals surface area contributed by atoms with E-state index >= 15 is 0 Å². The zero-order chi connectivity index (χ0) is 26.4. The molecule has 0 spiro atoms. The largest absolute Gasteiger partial charge is 0.497 e. The summed E-state index contributed by atoms with van der Waals surface area (Å²) in [6, 6.07) is 20.1. The number of H-pyrrole nitrogens is 1. The first-order valence-corrected chi connectivity index (χ1v) is 12.6. The number of para-hydroxylation sites is 2. The van der Waals surface area contributed by atoms with Crippen LogP contribution in [0.2, 0.25) is 0 Å². The molecule has 1 saturated heterocycles. The lowest BCUT2D eigenvalue weighted by molar-refractivity contribution is -0.159. The number of nitrogens with one attached hydrogen (secondary N) is 1. The Morgan fingerprint density at radius 1 is 0.921 bits per heavy atom. The van der Waals surface area contributed by atoms with Crippen molar-refractivity contribution in [2.75, 3.05) is 27.9 Å². The number of methoxy groups -OCH3 is 3. The third-order valence-corrected chi connectivity index (χ3v) is 7.58. The molecule has 1 N–H and O–H groups in total. The van der Waals surface area contributed by atoms with E-state index in [2.05, 4.69) is 11.1 Å². The number of hydrogen-bond donors (Lipinski definition) is 1. The monoisotopic (exact) mass is 511 g/mol. The van der Waals surface area contributed by atoms with E-state index in [4.69, 9.17) is 14.2 Å². The van der Waals surface area contributed by atoms with Crippen LogP contribution in [0.4, 0.5) is 0 Å². The molecule has 0 radical (unpaired) electrons. The van der Waals surface area contributed by atoms with Crippen molar-refractivity contribution in [3.8, 4) is 17.2 Å². The van der Waals surface area contributed by atoms with Crippen LogP contribution in [0.1, 0.15) is 28.4 Å². The number of aromatic nitrogens is 1. The van der Waals surface area contributed by atoms with Crippen LogP contribution in [0.25, 0.3) is 10.9 Å². The van der Waals surface area contributed by atoms with Gasteiger partial charge < -0.3 is 29.0 Å². The highest BCUT2D eigenvalue weighted by atomic mass is 16.5. The molecule has 38 heavy (non-hydrogen) atoms. The van der Waals surface area contributed by atoms with Gasteiger partial charge in [-0.2, -0.15) is 0 Å². The number of carbonyl (C=O) groups is 2. The van der Waals surface area contributed by atoms with Gasteiger partial charge in [0.25, 0.3) is 0 Å². The molecule has 2 aliphatic heterocycles. The summed E-state index contributed by atoms with van der Waals surface area (Å²) < 4.78 is 16.7. The smallest absolute Gasteiger partial charge is 0.246 e. The first-order chi connectivity index (χ1) is 18.5. The molecule has 4 aromatic rings. The van der Waals surface area contributed by atoms with Gasteiger partial charge in [-0.3, -0.25) is 9.59 Å². The van der Waals surface area contributed by atoms with E-state index in [-0.39, 0.29) is 18.4 Å². The average Bonchev–Trinajstić information content (AvgIpc) is 3.32. The molecule has 2 atom stereocenters. The zero-order valence-electron chi connectivity index (χ0n) is 21.6. The number of nitrogens with zero attached hydrogens (tertiary/aromatic N) is 2. The van der Waals surface area contributed by atoms with Gasteiger partial charge in [-0.15, -0.1) is 0 Å². The topological polar surface area (TPSA) is 84.1 Å². The maximum atomic E-state index is 14.0. The Labute approximate surface area is 220 Å². The highest BCUT2D eigenvalue weighted by molar-refractivity contribution is 5.97. The summed E-state index contributed by atoms with van der Waals surface area (Å²) in [4.78, 5) is 34.8. The lowest BCUT2D eigenvalue weighted by Crippen LogP contribution is -2.62. The maximum absolute atomic E-state index is 14.0. The Morgan fingerprint density at radius 2 is 1.74 bits per heavy atom. The van der Waals surface area contributed by atoms with E-state index < -0.39 is 12.1 Å². The van der Waals surface area contributed by atoms with Crippen molar-refractivity contribution < 1.29 is 23.8 Å². The van der Waals surface area contributed by atoms with Gasteiger partial charge in [-0.05, 0) is 35.4 Å². The maximum Gasteiger partial charge on any atom is 0.246 e. The van der Waals surface area contributed by atoms with E-state index in [1.165, 1.54) is 0 Å². The fourth-order valence-corrected chi connectivity index (χ4v) is 5.90. The van der Waals surface area contributed by atoms with E-state index in [0.717, 1.165) is 33.3 Å². The van der Waals surface area contributed by atoms with Crippen molar-refractivity contribution >= 4 is 22.7 Å². The van der Waals surface area contributed by atoms with Gasteiger partial charge >= 0.3 is 0 Å². The van der Waals surface area contributed by atoms with E-state index in [9.17, 15) is 9.59 Å². The number of hydrogen-bond acceptors (Lipinski definition) is 5. The van der Waals surface area contributed by atoms with E-state index in [0.29, 0.717) is 30.2 Å². The minimum atomic E-state index is -0.644. The molecule has 2 aliphatic rings. The molecule has 8 nitrogen and oxygen atoms in total. The second kappa shape index (κ2) is 9.45. The first-order valence-electron chi connectivity index (χ1n) is 12.6. The van der Waals surface area contributed by atoms with Crippen LogP contribution in [-0.4, -0.2) is 60.5 Å². The fraction of sp³-hybridized carbons (Fsp3) is 0.267. The van der Waals surface area contributed by atoms with Crippen molar-refractivity contribution in [1.29, 1.82) is 0 Å². The molecule has 1 aromatic heterocycles. The molecule has 194 valence electrons. The van der Waals surface area contributed by atoms with Gasteiger partial charge in [-0.25, -0.2) is 0 Å². The van der Waals surface area contributed by atoms with E-state index in [1.54, 1.807) is 31.1 Å². The molecule has 0 aliphatic carbocycles. The average molecular weight is 512 g/mol. The van der Waals surface area contributed by atoms with Gasteiger partial charge in [0.2, 0.25) is 11.8 Å². The highest BCUT2D eigenvalue weighted by Gasteiger charge is 2.49. The van der Waals surface area contributed by atoms with Crippen molar-refractivity contribution in [2.24, 2.45) is 0 Å². The van der Waals surface area contributed by atoms with Crippen molar-refractivity contribution in [3.05, 3.63) is 89.1 Å². The summed E-state index contributed by atoms with van der Waals surface area (Å²) in [5.74, 6) is 1.64. The predicted octanol–water partition coefficient (Wildman–Crippen LogP) is 4.08. The van der Waals surface area contributed by atoms with E-state index in [1.807, 2.05) is 60.7 Å². The van der Waals surface area contributed by atoms with Gasteiger partial charge in [-0.1, -0.05) is 42.5 Å². The summed E-state index contributed by atoms with van der Waals surface area (Å²) >= 11 is 0. The summed E-state index contributed by atoms with van der Waals surface area (Å²) in [6.45, 7) is 0.324. The number of ether oxygens (including phenoxy) is 3. The molecule has 3 aromatic carbocycles. The molecule has 2 unspecified atom stereocenters. The number of piperazine rings is 1. The lowest BCUT2D eigenvalue weighted by Gasteiger charge is -2.47. The quantitative estimate of drug-likeness (QED) is 0.422. The number of aromatic amines is 1.